The maximum Gasteiger partial charge on any atom is 0.322 e. The molecule has 2 aromatic rings. The number of amides is 2. The minimum absolute atomic E-state index is 0.00725. The lowest BCUT2D eigenvalue weighted by Crippen LogP contribution is -2.38. The van der Waals surface area contributed by atoms with Gasteiger partial charge in [0.15, 0.2) is 6.61 Å². The second kappa shape index (κ2) is 7.04. The molecule has 0 saturated carbocycles. The Hall–Kier alpha value is -3.35. The fourth-order valence-corrected chi connectivity index (χ4v) is 2.53. The summed E-state index contributed by atoms with van der Waals surface area (Å²) in [5, 5.41) is 10.9. The van der Waals surface area contributed by atoms with E-state index in [-0.39, 0.29) is 12.5 Å². The molecule has 128 valence electrons. The van der Waals surface area contributed by atoms with Crippen molar-refractivity contribution in [3.63, 3.8) is 0 Å². The van der Waals surface area contributed by atoms with Crippen LogP contribution in [0.4, 0.5) is 5.69 Å². The minimum atomic E-state index is -1.10. The number of carboxylic acid groups (broad SMARTS) is 1. The summed E-state index contributed by atoms with van der Waals surface area (Å²) >= 11 is 0. The number of benzene rings is 2. The molecule has 0 atom stereocenters. The van der Waals surface area contributed by atoms with Crippen molar-refractivity contribution in [1.29, 1.82) is 0 Å². The molecule has 7 heteroatoms. The molecule has 25 heavy (non-hydrogen) atoms. The van der Waals surface area contributed by atoms with Gasteiger partial charge < -0.3 is 20.1 Å². The third-order valence-corrected chi connectivity index (χ3v) is 3.77. The van der Waals surface area contributed by atoms with Crippen LogP contribution in [0.25, 0.3) is 0 Å². The van der Waals surface area contributed by atoms with Gasteiger partial charge in [-0.3, -0.25) is 14.4 Å². The van der Waals surface area contributed by atoms with Crippen LogP contribution in [0.1, 0.15) is 15.9 Å². The number of nitrogens with zero attached hydrogens (tertiary/aromatic N) is 1. The van der Waals surface area contributed by atoms with E-state index in [9.17, 15) is 14.4 Å². The van der Waals surface area contributed by atoms with Crippen molar-refractivity contribution >= 4 is 23.5 Å². The summed E-state index contributed by atoms with van der Waals surface area (Å²) in [4.78, 5) is 36.1. The highest BCUT2D eigenvalue weighted by Gasteiger charge is 2.25. The average molecular weight is 340 g/mol. The number of ether oxygens (including phenoxy) is 1. The highest BCUT2D eigenvalue weighted by atomic mass is 16.5. The van der Waals surface area contributed by atoms with Crippen molar-refractivity contribution in [1.82, 2.24) is 5.32 Å². The van der Waals surface area contributed by atoms with Gasteiger partial charge >= 0.3 is 5.97 Å². The standard InChI is InChI=1S/C18H16N2O5/c21-16-11-25-15-4-2-1-3-14(15)20(16)10-12-5-7-13(8-6-12)18(24)19-9-17(22)23/h1-8H,9-11H2,(H,19,24)(H,22,23). The van der Waals surface area contributed by atoms with Gasteiger partial charge in [-0.2, -0.15) is 0 Å². The van der Waals surface area contributed by atoms with E-state index in [4.69, 9.17) is 9.84 Å². The molecule has 0 unspecified atom stereocenters. The van der Waals surface area contributed by atoms with Gasteiger partial charge in [0, 0.05) is 5.56 Å². The normalized spacial score (nSPS) is 13.0. The van der Waals surface area contributed by atoms with Gasteiger partial charge in [0.2, 0.25) is 0 Å². The van der Waals surface area contributed by atoms with Crippen LogP contribution < -0.4 is 15.0 Å². The summed E-state index contributed by atoms with van der Waals surface area (Å²) < 4.78 is 5.41. The molecule has 2 amide bonds. The van der Waals surface area contributed by atoms with Crippen LogP contribution in [0.3, 0.4) is 0 Å². The largest absolute Gasteiger partial charge is 0.482 e. The molecule has 0 saturated heterocycles. The third kappa shape index (κ3) is 3.77. The Morgan fingerprint density at radius 2 is 1.84 bits per heavy atom. The van der Waals surface area contributed by atoms with Crippen molar-refractivity contribution < 1.29 is 24.2 Å². The Balaban J connectivity index is 1.72. The first kappa shape index (κ1) is 16.5. The predicted octanol–water partition coefficient (Wildman–Crippen LogP) is 1.43. The lowest BCUT2D eigenvalue weighted by molar-refractivity contribution is -0.135. The summed E-state index contributed by atoms with van der Waals surface area (Å²) in [5.74, 6) is -1.04. The van der Waals surface area contributed by atoms with E-state index < -0.39 is 18.4 Å². The quantitative estimate of drug-likeness (QED) is 0.858. The van der Waals surface area contributed by atoms with Crippen LogP contribution in [0, 0.1) is 0 Å². The second-order valence-corrected chi connectivity index (χ2v) is 5.51. The van der Waals surface area contributed by atoms with Crippen LogP contribution in [0.2, 0.25) is 0 Å². The second-order valence-electron chi connectivity index (χ2n) is 5.51. The summed E-state index contributed by atoms with van der Waals surface area (Å²) in [6.45, 7) is -0.0808. The number of aliphatic carboxylic acids is 1. The smallest absolute Gasteiger partial charge is 0.322 e. The average Bonchev–Trinajstić information content (AvgIpc) is 2.62. The SMILES string of the molecule is O=C(O)CNC(=O)c1ccc(CN2C(=O)COc3ccccc32)cc1. The maximum absolute atomic E-state index is 12.2. The fraction of sp³-hybridized carbons (Fsp3) is 0.167. The maximum atomic E-state index is 12.2. The Bertz CT molecular complexity index is 816. The van der Waals surface area contributed by atoms with E-state index in [0.717, 1.165) is 5.56 Å². The van der Waals surface area contributed by atoms with Crippen LogP contribution >= 0.6 is 0 Å². The van der Waals surface area contributed by atoms with E-state index in [0.29, 0.717) is 23.5 Å². The summed E-state index contributed by atoms with van der Waals surface area (Å²) in [6.07, 6.45) is 0. The highest BCUT2D eigenvalue weighted by Crippen LogP contribution is 2.32. The monoisotopic (exact) mass is 340 g/mol. The number of nitrogens with one attached hydrogen (secondary N) is 1. The van der Waals surface area contributed by atoms with E-state index in [2.05, 4.69) is 5.32 Å². The molecule has 1 aliphatic rings. The first-order valence-electron chi connectivity index (χ1n) is 7.66. The molecule has 0 bridgehead atoms. The molecule has 0 radical (unpaired) electrons. The van der Waals surface area contributed by atoms with E-state index in [1.54, 1.807) is 29.2 Å². The van der Waals surface area contributed by atoms with Crippen molar-refractivity contribution in [2.75, 3.05) is 18.1 Å². The highest BCUT2D eigenvalue weighted by molar-refractivity contribution is 5.98. The van der Waals surface area contributed by atoms with Crippen LogP contribution in [0.5, 0.6) is 5.75 Å². The Labute approximate surface area is 143 Å². The van der Waals surface area contributed by atoms with Gasteiger partial charge in [-0.25, -0.2) is 0 Å². The van der Waals surface area contributed by atoms with E-state index >= 15 is 0 Å². The molecule has 0 spiro atoms. The number of carbonyl (C=O) groups is 3. The first-order valence-corrected chi connectivity index (χ1v) is 7.66. The topological polar surface area (TPSA) is 95.9 Å². The zero-order valence-electron chi connectivity index (χ0n) is 13.3. The number of hydrogen-bond acceptors (Lipinski definition) is 4. The molecule has 2 aromatic carbocycles. The lowest BCUT2D eigenvalue weighted by Gasteiger charge is -2.29. The van der Waals surface area contributed by atoms with Gasteiger partial charge in [-0.05, 0) is 29.8 Å². The van der Waals surface area contributed by atoms with Gasteiger partial charge in [0.25, 0.3) is 11.8 Å². The number of rotatable bonds is 5. The van der Waals surface area contributed by atoms with Gasteiger partial charge in [-0.15, -0.1) is 0 Å². The molecule has 0 aliphatic carbocycles. The number of carbonyl (C=O) groups excluding carboxylic acids is 2. The zero-order chi connectivity index (χ0) is 17.8. The van der Waals surface area contributed by atoms with Crippen LogP contribution in [-0.4, -0.2) is 36.0 Å². The van der Waals surface area contributed by atoms with E-state index in [1.165, 1.54) is 0 Å². The van der Waals surface area contributed by atoms with Gasteiger partial charge in [0.05, 0.1) is 12.2 Å². The first-order chi connectivity index (χ1) is 12.0. The van der Waals surface area contributed by atoms with Crippen molar-refractivity contribution in [3.05, 3.63) is 59.7 Å². The van der Waals surface area contributed by atoms with E-state index in [1.807, 2.05) is 24.3 Å². The number of fused-ring (bicyclic) bond motifs is 1. The van der Waals surface area contributed by atoms with Crippen molar-refractivity contribution in [2.24, 2.45) is 0 Å². The fourth-order valence-electron chi connectivity index (χ4n) is 2.53. The molecule has 7 nitrogen and oxygen atoms in total. The van der Waals surface area contributed by atoms with Gasteiger partial charge in [0.1, 0.15) is 12.3 Å². The predicted molar refractivity (Wildman–Crippen MR) is 89.5 cm³/mol. The summed E-state index contributed by atoms with van der Waals surface area (Å²) in [5.41, 5.74) is 1.92. The molecule has 0 fully saturated rings. The summed E-state index contributed by atoms with van der Waals surface area (Å²) in [6, 6.07) is 14.0. The number of para-hydroxylation sites is 2. The molecular weight excluding hydrogens is 324 g/mol. The molecule has 0 aromatic heterocycles. The van der Waals surface area contributed by atoms with Crippen molar-refractivity contribution in [2.45, 2.75) is 6.54 Å². The Morgan fingerprint density at radius 1 is 1.12 bits per heavy atom. The van der Waals surface area contributed by atoms with Gasteiger partial charge in [-0.1, -0.05) is 24.3 Å². The molecular formula is C18H16N2O5. The summed E-state index contributed by atoms with van der Waals surface area (Å²) in [7, 11) is 0. The molecule has 1 aliphatic heterocycles. The Morgan fingerprint density at radius 3 is 2.56 bits per heavy atom. The van der Waals surface area contributed by atoms with Crippen LogP contribution in [-0.2, 0) is 16.1 Å². The Kier molecular flexibility index (Phi) is 4.65. The molecule has 2 N–H and O–H groups in total. The zero-order valence-corrected chi connectivity index (χ0v) is 13.3. The number of anilines is 1. The van der Waals surface area contributed by atoms with Crippen molar-refractivity contribution in [3.8, 4) is 5.75 Å². The third-order valence-electron chi connectivity index (χ3n) is 3.77. The number of carboxylic acids is 1. The lowest BCUT2D eigenvalue weighted by atomic mass is 10.1. The van der Waals surface area contributed by atoms with Crippen LogP contribution in [0.15, 0.2) is 48.5 Å². The molecule has 1 heterocycles. The minimum Gasteiger partial charge on any atom is -0.482 e. The molecule has 3 rings (SSSR count). The number of hydrogen-bond donors (Lipinski definition) is 2.